The van der Waals surface area contributed by atoms with Crippen LogP contribution in [0.2, 0.25) is 0 Å². The molecule has 0 spiro atoms. The molecule has 7 nitrogen and oxygen atoms in total. The molecule has 116 valence electrons. The Labute approximate surface area is 126 Å². The van der Waals surface area contributed by atoms with Crippen molar-refractivity contribution in [1.29, 1.82) is 0 Å². The number of ether oxygens (including phenoxy) is 2. The van der Waals surface area contributed by atoms with Crippen molar-refractivity contribution in [2.24, 2.45) is 0 Å². The van der Waals surface area contributed by atoms with E-state index in [0.29, 0.717) is 19.4 Å². The predicted octanol–water partition coefficient (Wildman–Crippen LogP) is 1.26. The summed E-state index contributed by atoms with van der Waals surface area (Å²) in [7, 11) is 9.37. The Morgan fingerprint density at radius 3 is 1.79 bits per heavy atom. The maximum absolute atomic E-state index is 11.1. The van der Waals surface area contributed by atoms with E-state index in [1.54, 1.807) is 0 Å². The van der Waals surface area contributed by atoms with E-state index in [-0.39, 0.29) is 6.54 Å². The van der Waals surface area contributed by atoms with Crippen molar-refractivity contribution in [1.82, 2.24) is 4.31 Å². The summed E-state index contributed by atoms with van der Waals surface area (Å²) >= 11 is 0. The number of hydrogen-bond acceptors (Lipinski definition) is 6. The van der Waals surface area contributed by atoms with Gasteiger partial charge in [0.05, 0.1) is 6.54 Å². The molecule has 0 aliphatic carbocycles. The second-order valence-electron chi connectivity index (χ2n) is 3.58. The summed E-state index contributed by atoms with van der Waals surface area (Å²) < 4.78 is 52.0. The van der Waals surface area contributed by atoms with E-state index < -0.39 is 23.3 Å². The molecule has 19 heavy (non-hydrogen) atoms. The van der Waals surface area contributed by atoms with Gasteiger partial charge in [-0.1, -0.05) is 0 Å². The maximum Gasteiger partial charge on any atom is 0.317 e. The highest BCUT2D eigenvalue weighted by Crippen LogP contribution is 2.27. The van der Waals surface area contributed by atoms with Gasteiger partial charge in [0.15, 0.2) is 5.79 Å². The van der Waals surface area contributed by atoms with Gasteiger partial charge in [-0.3, -0.25) is 0 Å². The number of methoxy groups -OCH3 is 2. The normalized spacial score (nSPS) is 20.5. The lowest BCUT2D eigenvalue weighted by molar-refractivity contribution is -0.223. The Balaban J connectivity index is 0.000000555. The van der Waals surface area contributed by atoms with Gasteiger partial charge in [-0.05, 0) is 6.42 Å². The van der Waals surface area contributed by atoms with Gasteiger partial charge in [-0.2, -0.15) is 21.1 Å². The number of halogens is 3. The molecule has 0 aromatic heterocycles. The Kier molecular flexibility index (Phi) is 7.86. The third-order valence-electron chi connectivity index (χ3n) is 2.43. The van der Waals surface area contributed by atoms with E-state index >= 15 is 0 Å². The van der Waals surface area contributed by atoms with Crippen molar-refractivity contribution in [2.45, 2.75) is 18.6 Å². The second kappa shape index (κ2) is 7.60. The molecule has 1 aliphatic heterocycles. The lowest BCUT2D eigenvalue weighted by Crippen LogP contribution is -2.51. The summed E-state index contributed by atoms with van der Waals surface area (Å²) in [4.78, 5) is 0. The molecular weight excluding hydrogens is 365 g/mol. The topological polar surface area (TPSA) is 90.0 Å². The molecule has 0 saturated carbocycles. The first-order valence-electron chi connectivity index (χ1n) is 4.88. The zero-order chi connectivity index (χ0) is 15.3. The van der Waals surface area contributed by atoms with Crippen LogP contribution >= 0.6 is 32.0 Å². The molecule has 1 fully saturated rings. The summed E-state index contributed by atoms with van der Waals surface area (Å²) in [6.07, 6.45) is 1.34. The average Bonchev–Trinajstić information content (AvgIpc) is 2.26. The number of nitrogens with zero attached hydrogens (tertiary/aromatic N) is 1. The van der Waals surface area contributed by atoms with E-state index in [2.05, 4.69) is 21.4 Å². The summed E-state index contributed by atoms with van der Waals surface area (Å²) in [6.45, 7) is 0.562. The smallest absolute Gasteiger partial charge is 0.317 e. The van der Waals surface area contributed by atoms with Gasteiger partial charge < -0.3 is 9.47 Å². The molecule has 0 atom stereocenters. The van der Waals surface area contributed by atoms with Gasteiger partial charge >= 0.3 is 8.26 Å². The zero-order valence-corrected chi connectivity index (χ0v) is 14.1. The van der Waals surface area contributed by atoms with E-state index in [1.165, 1.54) is 14.2 Å². The monoisotopic (exact) mass is 377 g/mol. The molecular formula is C7H14Cl3NO6S2. The largest absolute Gasteiger partial charge is 0.352 e. The molecule has 0 aromatic carbocycles. The number of piperidine rings is 1. The SMILES string of the molecule is COC1(OC)CCCN(S(=O)(=O)Cl)C1.O=S(=O)(Cl)Cl. The van der Waals surface area contributed by atoms with Gasteiger partial charge in [0.1, 0.15) is 0 Å². The van der Waals surface area contributed by atoms with E-state index in [4.69, 9.17) is 28.6 Å². The molecule has 0 aromatic rings. The van der Waals surface area contributed by atoms with Crippen molar-refractivity contribution >= 4 is 49.5 Å². The first kappa shape index (κ1) is 19.7. The highest BCUT2D eigenvalue weighted by atomic mass is 36.0. The third kappa shape index (κ3) is 8.51. The standard InChI is InChI=1S/C7H14ClNO4S.Cl2O2S/c1-12-7(13-2)4-3-5-9(6-7)14(8,10)11;1-5(2,3)4/h3-6H2,1-2H3;. The van der Waals surface area contributed by atoms with Crippen molar-refractivity contribution < 1.29 is 26.3 Å². The fourth-order valence-electron chi connectivity index (χ4n) is 1.55. The van der Waals surface area contributed by atoms with Crippen LogP contribution in [-0.4, -0.2) is 54.2 Å². The van der Waals surface area contributed by atoms with Gasteiger partial charge in [0.25, 0.3) is 9.24 Å². The zero-order valence-electron chi connectivity index (χ0n) is 10.2. The second-order valence-corrected chi connectivity index (χ2v) is 9.76. The minimum atomic E-state index is -3.72. The molecule has 0 N–H and O–H groups in total. The number of hydrogen-bond donors (Lipinski definition) is 0. The summed E-state index contributed by atoms with van der Waals surface area (Å²) in [5, 5.41) is 0. The Morgan fingerprint density at radius 1 is 1.05 bits per heavy atom. The summed E-state index contributed by atoms with van der Waals surface area (Å²) in [6, 6.07) is 0. The van der Waals surface area contributed by atoms with E-state index in [0.717, 1.165) is 4.31 Å². The minimum absolute atomic E-state index is 0.145. The van der Waals surface area contributed by atoms with E-state index in [9.17, 15) is 8.42 Å². The van der Waals surface area contributed by atoms with Crippen LogP contribution < -0.4 is 0 Å². The maximum atomic E-state index is 11.1. The summed E-state index contributed by atoms with van der Waals surface area (Å²) in [5.41, 5.74) is 0. The quantitative estimate of drug-likeness (QED) is 0.542. The van der Waals surface area contributed by atoms with Crippen molar-refractivity contribution in [3.63, 3.8) is 0 Å². The lowest BCUT2D eigenvalue weighted by atomic mass is 10.1. The van der Waals surface area contributed by atoms with Crippen LogP contribution in [0.3, 0.4) is 0 Å². The Morgan fingerprint density at radius 2 is 1.47 bits per heavy atom. The molecule has 0 bridgehead atoms. The minimum Gasteiger partial charge on any atom is -0.352 e. The fraction of sp³-hybridized carbons (Fsp3) is 1.00. The Bertz CT molecular complexity index is 467. The van der Waals surface area contributed by atoms with Crippen LogP contribution in [0.4, 0.5) is 0 Å². The average molecular weight is 379 g/mol. The first-order chi connectivity index (χ1) is 8.43. The van der Waals surface area contributed by atoms with Crippen LogP contribution in [0.5, 0.6) is 0 Å². The molecule has 1 heterocycles. The van der Waals surface area contributed by atoms with Gasteiger partial charge in [-0.15, -0.1) is 0 Å². The molecule has 0 radical (unpaired) electrons. The Hall–Kier alpha value is 0.650. The van der Waals surface area contributed by atoms with Crippen LogP contribution in [0.25, 0.3) is 0 Å². The number of rotatable bonds is 3. The van der Waals surface area contributed by atoms with Gasteiger partial charge in [-0.25, -0.2) is 0 Å². The van der Waals surface area contributed by atoms with E-state index in [1.807, 2.05) is 0 Å². The van der Waals surface area contributed by atoms with Gasteiger partial charge in [0.2, 0.25) is 0 Å². The van der Waals surface area contributed by atoms with Crippen LogP contribution in [0.1, 0.15) is 12.8 Å². The molecule has 1 rings (SSSR count). The van der Waals surface area contributed by atoms with Crippen LogP contribution in [-0.2, 0) is 27.0 Å². The molecule has 12 heteroatoms. The van der Waals surface area contributed by atoms with Crippen LogP contribution in [0.15, 0.2) is 0 Å². The lowest BCUT2D eigenvalue weighted by Gasteiger charge is -2.38. The molecule has 0 amide bonds. The molecule has 0 unspecified atom stereocenters. The van der Waals surface area contributed by atoms with Crippen molar-refractivity contribution in [3.8, 4) is 0 Å². The summed E-state index contributed by atoms with van der Waals surface area (Å²) in [5.74, 6) is -0.847. The van der Waals surface area contributed by atoms with Crippen LogP contribution in [0, 0.1) is 0 Å². The highest BCUT2D eigenvalue weighted by Gasteiger charge is 2.39. The fourth-order valence-corrected chi connectivity index (χ4v) is 2.61. The highest BCUT2D eigenvalue weighted by molar-refractivity contribution is 8.31. The van der Waals surface area contributed by atoms with Crippen molar-refractivity contribution in [3.05, 3.63) is 0 Å². The molecule has 1 saturated heterocycles. The first-order valence-corrected chi connectivity index (χ1v) is 10.3. The molecule has 1 aliphatic rings. The van der Waals surface area contributed by atoms with Crippen molar-refractivity contribution in [2.75, 3.05) is 27.3 Å². The third-order valence-corrected chi connectivity index (χ3v) is 3.95. The van der Waals surface area contributed by atoms with Gasteiger partial charge in [0, 0.05) is 59.2 Å². The predicted molar refractivity (Wildman–Crippen MR) is 73.0 cm³/mol.